The molecule has 26 heavy (non-hydrogen) atoms. The molecule has 2 N–H and O–H groups in total. The van der Waals surface area contributed by atoms with Gasteiger partial charge in [0.15, 0.2) is 0 Å². The number of benzene rings is 2. The zero-order valence-corrected chi connectivity index (χ0v) is 16.2. The maximum Gasteiger partial charge on any atom is 0.224 e. The lowest BCUT2D eigenvalue weighted by Gasteiger charge is -2.16. The lowest BCUT2D eigenvalue weighted by atomic mass is 10.0. The van der Waals surface area contributed by atoms with E-state index < -0.39 is 0 Å². The third kappa shape index (κ3) is 4.87. The largest absolute Gasteiger partial charge is 0.381 e. The first-order valence-corrected chi connectivity index (χ1v) is 9.72. The van der Waals surface area contributed by atoms with Crippen LogP contribution >= 0.6 is 0 Å². The number of hydrogen-bond donors (Lipinski definition) is 2. The van der Waals surface area contributed by atoms with Crippen LogP contribution in [0.1, 0.15) is 54.4 Å². The summed E-state index contributed by atoms with van der Waals surface area (Å²) >= 11 is 0. The Hall–Kier alpha value is -2.29. The van der Waals surface area contributed by atoms with E-state index in [1.807, 2.05) is 0 Å². The molecule has 0 unspecified atom stereocenters. The van der Waals surface area contributed by atoms with Crippen molar-refractivity contribution in [3.8, 4) is 0 Å². The fourth-order valence-electron chi connectivity index (χ4n) is 3.90. The molecule has 3 heteroatoms. The Morgan fingerprint density at radius 1 is 1.00 bits per heavy atom. The Bertz CT molecular complexity index is 735. The van der Waals surface area contributed by atoms with Crippen molar-refractivity contribution in [3.05, 3.63) is 58.7 Å². The van der Waals surface area contributed by atoms with Crippen LogP contribution in [-0.4, -0.2) is 5.91 Å². The number of anilines is 2. The molecule has 3 nitrogen and oxygen atoms in total. The third-order valence-corrected chi connectivity index (χ3v) is 5.35. The van der Waals surface area contributed by atoms with Crippen molar-refractivity contribution in [2.24, 2.45) is 5.92 Å². The van der Waals surface area contributed by atoms with Crippen LogP contribution < -0.4 is 10.6 Å². The van der Waals surface area contributed by atoms with Crippen LogP contribution in [0.5, 0.6) is 0 Å². The second kappa shape index (κ2) is 8.39. The summed E-state index contributed by atoms with van der Waals surface area (Å²) in [5, 5.41) is 6.62. The minimum atomic E-state index is 0.161. The summed E-state index contributed by atoms with van der Waals surface area (Å²) in [5.41, 5.74) is 6.86. The lowest BCUT2D eigenvalue weighted by molar-refractivity contribution is -0.117. The van der Waals surface area contributed by atoms with Gasteiger partial charge >= 0.3 is 0 Å². The Kier molecular flexibility index (Phi) is 5.97. The summed E-state index contributed by atoms with van der Waals surface area (Å²) in [4.78, 5) is 12.4. The summed E-state index contributed by atoms with van der Waals surface area (Å²) in [6.45, 7) is 7.03. The Labute approximate surface area is 157 Å². The van der Waals surface area contributed by atoms with Crippen LogP contribution in [0.15, 0.2) is 36.4 Å². The van der Waals surface area contributed by atoms with E-state index in [0.717, 1.165) is 29.0 Å². The number of aryl methyl sites for hydroxylation is 3. The average Bonchev–Trinajstić information content (AvgIpc) is 3.10. The molecule has 0 aromatic heterocycles. The summed E-state index contributed by atoms with van der Waals surface area (Å²) in [5.74, 6) is 0.738. The zero-order valence-electron chi connectivity index (χ0n) is 16.2. The maximum absolute atomic E-state index is 12.4. The second-order valence-electron chi connectivity index (χ2n) is 7.73. The summed E-state index contributed by atoms with van der Waals surface area (Å²) in [6.07, 6.45) is 5.62. The van der Waals surface area contributed by atoms with Crippen LogP contribution in [0, 0.1) is 26.7 Å². The smallest absolute Gasteiger partial charge is 0.224 e. The number of carbonyl (C=O) groups excluding carboxylic acids is 1. The molecule has 1 amide bonds. The molecule has 2 aromatic rings. The van der Waals surface area contributed by atoms with E-state index in [-0.39, 0.29) is 5.91 Å². The van der Waals surface area contributed by atoms with Crippen molar-refractivity contribution in [1.29, 1.82) is 0 Å². The second-order valence-corrected chi connectivity index (χ2v) is 7.73. The Morgan fingerprint density at radius 2 is 1.62 bits per heavy atom. The highest BCUT2D eigenvalue weighted by atomic mass is 16.1. The molecule has 0 saturated heterocycles. The van der Waals surface area contributed by atoms with Crippen molar-refractivity contribution < 1.29 is 4.79 Å². The van der Waals surface area contributed by atoms with Crippen molar-refractivity contribution >= 4 is 17.3 Å². The van der Waals surface area contributed by atoms with Gasteiger partial charge in [0.05, 0.1) is 0 Å². The molecule has 138 valence electrons. The van der Waals surface area contributed by atoms with E-state index in [4.69, 9.17) is 0 Å². The van der Waals surface area contributed by atoms with Gasteiger partial charge in [-0.3, -0.25) is 4.79 Å². The molecule has 1 fully saturated rings. The Morgan fingerprint density at radius 3 is 2.23 bits per heavy atom. The van der Waals surface area contributed by atoms with Gasteiger partial charge in [-0.1, -0.05) is 42.7 Å². The number of rotatable bonds is 6. The molecular formula is C23H30N2O. The minimum Gasteiger partial charge on any atom is -0.381 e. The highest BCUT2D eigenvalue weighted by Gasteiger charge is 2.19. The number of nitrogens with one attached hydrogen (secondary N) is 2. The highest BCUT2D eigenvalue weighted by Crippen LogP contribution is 2.29. The first-order valence-electron chi connectivity index (χ1n) is 9.72. The zero-order chi connectivity index (χ0) is 18.5. The van der Waals surface area contributed by atoms with Crippen molar-refractivity contribution in [3.63, 3.8) is 0 Å². The van der Waals surface area contributed by atoms with Crippen LogP contribution in [0.3, 0.4) is 0 Å². The van der Waals surface area contributed by atoms with Gasteiger partial charge in [0.1, 0.15) is 0 Å². The third-order valence-electron chi connectivity index (χ3n) is 5.35. The quantitative estimate of drug-likeness (QED) is 0.697. The van der Waals surface area contributed by atoms with Crippen molar-refractivity contribution in [2.45, 2.75) is 59.4 Å². The molecule has 1 aliphatic carbocycles. The molecule has 0 spiro atoms. The normalized spacial score (nSPS) is 14.4. The predicted molar refractivity (Wildman–Crippen MR) is 110 cm³/mol. The van der Waals surface area contributed by atoms with Gasteiger partial charge in [0.25, 0.3) is 0 Å². The van der Waals surface area contributed by atoms with Gasteiger partial charge in [-0.2, -0.15) is 0 Å². The first-order chi connectivity index (χ1) is 12.5. The molecule has 2 aromatic carbocycles. The van der Waals surface area contributed by atoms with E-state index in [9.17, 15) is 4.79 Å². The van der Waals surface area contributed by atoms with E-state index in [1.165, 1.54) is 36.8 Å². The van der Waals surface area contributed by atoms with Crippen molar-refractivity contribution in [1.82, 2.24) is 0 Å². The van der Waals surface area contributed by atoms with Gasteiger partial charge in [0, 0.05) is 24.3 Å². The van der Waals surface area contributed by atoms with Gasteiger partial charge in [-0.25, -0.2) is 0 Å². The van der Waals surface area contributed by atoms with Crippen LogP contribution in [0.2, 0.25) is 0 Å². The topological polar surface area (TPSA) is 41.1 Å². The van der Waals surface area contributed by atoms with Gasteiger partial charge in [-0.05, 0) is 68.4 Å². The van der Waals surface area contributed by atoms with E-state index >= 15 is 0 Å². The molecule has 1 saturated carbocycles. The SMILES string of the molecule is Cc1ccc(NCc2cc(C)c(NC(=O)CC3CCCC3)c(C)c2)cc1. The molecule has 0 atom stereocenters. The van der Waals surface area contributed by atoms with Crippen molar-refractivity contribution in [2.75, 3.05) is 10.6 Å². The van der Waals surface area contributed by atoms with E-state index in [1.54, 1.807) is 0 Å². The number of hydrogen-bond acceptors (Lipinski definition) is 2. The minimum absolute atomic E-state index is 0.161. The molecular weight excluding hydrogens is 320 g/mol. The molecule has 3 rings (SSSR count). The van der Waals surface area contributed by atoms with E-state index in [2.05, 4.69) is 67.8 Å². The molecule has 0 radical (unpaired) electrons. The summed E-state index contributed by atoms with van der Waals surface area (Å²) in [7, 11) is 0. The number of carbonyl (C=O) groups is 1. The molecule has 0 heterocycles. The lowest BCUT2D eigenvalue weighted by Crippen LogP contribution is -2.17. The van der Waals surface area contributed by atoms with E-state index in [0.29, 0.717) is 12.3 Å². The Balaban J connectivity index is 1.61. The standard InChI is InChI=1S/C23H30N2O/c1-16-8-10-21(11-9-16)24-15-20-12-17(2)23(18(3)13-20)25-22(26)14-19-6-4-5-7-19/h8-13,19,24H,4-7,14-15H2,1-3H3,(H,25,26). The van der Waals surface area contributed by atoms with Gasteiger partial charge in [-0.15, -0.1) is 0 Å². The predicted octanol–water partition coefficient (Wildman–Crippen LogP) is 5.74. The highest BCUT2D eigenvalue weighted by molar-refractivity contribution is 5.92. The average molecular weight is 351 g/mol. The molecule has 1 aliphatic rings. The maximum atomic E-state index is 12.4. The fraction of sp³-hybridized carbons (Fsp3) is 0.435. The van der Waals surface area contributed by atoms with Gasteiger partial charge < -0.3 is 10.6 Å². The first kappa shape index (κ1) is 18.5. The summed E-state index contributed by atoms with van der Waals surface area (Å²) in [6, 6.07) is 12.8. The fourth-order valence-corrected chi connectivity index (χ4v) is 3.90. The number of amides is 1. The van der Waals surface area contributed by atoms with Crippen LogP contribution in [0.4, 0.5) is 11.4 Å². The molecule has 0 aliphatic heterocycles. The van der Waals surface area contributed by atoms with Crippen LogP contribution in [0.25, 0.3) is 0 Å². The summed E-state index contributed by atoms with van der Waals surface area (Å²) < 4.78 is 0. The van der Waals surface area contributed by atoms with Gasteiger partial charge in [0.2, 0.25) is 5.91 Å². The van der Waals surface area contributed by atoms with Crippen LogP contribution in [-0.2, 0) is 11.3 Å². The monoisotopic (exact) mass is 350 g/mol. The molecule has 0 bridgehead atoms.